The molecule has 2 rings (SSSR count). The van der Waals surface area contributed by atoms with Gasteiger partial charge in [-0.05, 0) is 29.7 Å². The van der Waals surface area contributed by atoms with Crippen LogP contribution in [0.1, 0.15) is 5.56 Å². The van der Waals surface area contributed by atoms with Gasteiger partial charge in [0.15, 0.2) is 0 Å². The summed E-state index contributed by atoms with van der Waals surface area (Å²) in [6.07, 6.45) is 1.67. The van der Waals surface area contributed by atoms with Crippen LogP contribution >= 0.6 is 0 Å². The van der Waals surface area contributed by atoms with Crippen molar-refractivity contribution < 1.29 is 4.74 Å². The largest absolute Gasteiger partial charge is 0.481 e. The van der Waals surface area contributed by atoms with Crippen molar-refractivity contribution >= 4 is 10.8 Å². The maximum atomic E-state index is 8.73. The molecule has 3 nitrogen and oxygen atoms in total. The smallest absolute Gasteiger partial charge is 0.221 e. The van der Waals surface area contributed by atoms with Gasteiger partial charge < -0.3 is 4.74 Å². The van der Waals surface area contributed by atoms with E-state index in [9.17, 15) is 0 Å². The topological polar surface area (TPSA) is 45.9 Å². The van der Waals surface area contributed by atoms with Crippen molar-refractivity contribution in [3.05, 3.63) is 36.0 Å². The highest BCUT2D eigenvalue weighted by Crippen LogP contribution is 2.23. The van der Waals surface area contributed by atoms with Crippen molar-refractivity contribution in [3.8, 4) is 11.9 Å². The second kappa shape index (κ2) is 3.35. The average Bonchev–Trinajstić information content (AvgIpc) is 2.27. The molecule has 1 heterocycles. The minimum Gasteiger partial charge on any atom is -0.481 e. The molecule has 0 saturated heterocycles. The highest BCUT2D eigenvalue weighted by Gasteiger charge is 2.02. The van der Waals surface area contributed by atoms with Crippen molar-refractivity contribution in [2.24, 2.45) is 0 Å². The first-order valence-corrected chi connectivity index (χ1v) is 4.18. The molecule has 0 aliphatic carbocycles. The van der Waals surface area contributed by atoms with E-state index in [1.54, 1.807) is 19.4 Å². The fourth-order valence-electron chi connectivity index (χ4n) is 1.38. The van der Waals surface area contributed by atoms with Crippen LogP contribution in [0.2, 0.25) is 0 Å². The van der Waals surface area contributed by atoms with E-state index in [-0.39, 0.29) is 0 Å². The molecule has 0 atom stereocenters. The number of rotatable bonds is 1. The van der Waals surface area contributed by atoms with Crippen LogP contribution < -0.4 is 4.74 Å². The molecule has 1 aromatic carbocycles. The summed E-state index contributed by atoms with van der Waals surface area (Å²) in [7, 11) is 1.58. The normalized spacial score (nSPS) is 9.71. The number of pyridine rings is 1. The summed E-state index contributed by atoms with van der Waals surface area (Å²) in [6.45, 7) is 0. The summed E-state index contributed by atoms with van der Waals surface area (Å²) in [5, 5.41) is 10.6. The Bertz CT molecular complexity index is 514. The van der Waals surface area contributed by atoms with E-state index in [1.807, 2.05) is 18.2 Å². The molecule has 0 aliphatic rings. The maximum absolute atomic E-state index is 8.73. The lowest BCUT2D eigenvalue weighted by atomic mass is 10.1. The van der Waals surface area contributed by atoms with Gasteiger partial charge in [0.05, 0.1) is 18.7 Å². The Morgan fingerprint density at radius 1 is 1.36 bits per heavy atom. The van der Waals surface area contributed by atoms with Gasteiger partial charge in [-0.3, -0.25) is 0 Å². The van der Waals surface area contributed by atoms with Crippen molar-refractivity contribution in [2.75, 3.05) is 7.11 Å². The zero-order valence-electron chi connectivity index (χ0n) is 7.69. The van der Waals surface area contributed by atoms with Gasteiger partial charge in [-0.1, -0.05) is 0 Å². The first-order valence-electron chi connectivity index (χ1n) is 4.18. The number of fused-ring (bicyclic) bond motifs is 1. The third-order valence-corrected chi connectivity index (χ3v) is 2.05. The highest BCUT2D eigenvalue weighted by molar-refractivity contribution is 5.87. The fraction of sp³-hybridized carbons (Fsp3) is 0.0909. The van der Waals surface area contributed by atoms with Crippen LogP contribution in [0.5, 0.6) is 5.88 Å². The highest BCUT2D eigenvalue weighted by atomic mass is 16.5. The molecule has 0 N–H and O–H groups in total. The van der Waals surface area contributed by atoms with E-state index < -0.39 is 0 Å². The number of hydrogen-bond donors (Lipinski definition) is 0. The molecule has 0 amide bonds. The quantitative estimate of drug-likeness (QED) is 0.681. The van der Waals surface area contributed by atoms with Crippen molar-refractivity contribution in [3.63, 3.8) is 0 Å². The Morgan fingerprint density at radius 2 is 2.21 bits per heavy atom. The van der Waals surface area contributed by atoms with Gasteiger partial charge in [-0.25, -0.2) is 4.98 Å². The first-order chi connectivity index (χ1) is 6.85. The summed E-state index contributed by atoms with van der Waals surface area (Å²) >= 11 is 0. The van der Waals surface area contributed by atoms with Gasteiger partial charge in [0.1, 0.15) is 0 Å². The van der Waals surface area contributed by atoms with Gasteiger partial charge in [0, 0.05) is 11.6 Å². The maximum Gasteiger partial charge on any atom is 0.221 e. The minimum atomic E-state index is 0.590. The molecule has 14 heavy (non-hydrogen) atoms. The number of aromatic nitrogens is 1. The average molecular weight is 184 g/mol. The zero-order chi connectivity index (χ0) is 9.97. The molecule has 0 fully saturated rings. The predicted octanol–water partition coefficient (Wildman–Crippen LogP) is 2.12. The molecule has 0 spiro atoms. The summed E-state index contributed by atoms with van der Waals surface area (Å²) in [4.78, 5) is 4.08. The van der Waals surface area contributed by atoms with Crippen molar-refractivity contribution in [1.82, 2.24) is 4.98 Å². The SMILES string of the molecule is COc1nccc2cc(C#N)ccc12. The monoisotopic (exact) mass is 184 g/mol. The Balaban J connectivity index is 2.75. The van der Waals surface area contributed by atoms with Gasteiger partial charge in [-0.2, -0.15) is 5.26 Å². The van der Waals surface area contributed by atoms with Gasteiger partial charge in [0.25, 0.3) is 0 Å². The summed E-state index contributed by atoms with van der Waals surface area (Å²) in [5.74, 6) is 0.590. The lowest BCUT2D eigenvalue weighted by Gasteiger charge is -2.03. The van der Waals surface area contributed by atoms with Gasteiger partial charge in [0.2, 0.25) is 5.88 Å². The first kappa shape index (κ1) is 8.52. The molecule has 68 valence electrons. The Hall–Kier alpha value is -2.08. The van der Waals surface area contributed by atoms with E-state index in [0.29, 0.717) is 11.4 Å². The van der Waals surface area contributed by atoms with Crippen molar-refractivity contribution in [2.45, 2.75) is 0 Å². The molecule has 0 aliphatic heterocycles. The van der Waals surface area contributed by atoms with Crippen LogP contribution in [0, 0.1) is 11.3 Å². The zero-order valence-corrected chi connectivity index (χ0v) is 7.69. The van der Waals surface area contributed by atoms with E-state index in [1.165, 1.54) is 0 Å². The molecule has 0 bridgehead atoms. The molecule has 2 aromatic rings. The number of nitriles is 1. The Kier molecular flexibility index (Phi) is 2.04. The second-order valence-electron chi connectivity index (χ2n) is 2.87. The third-order valence-electron chi connectivity index (χ3n) is 2.05. The van der Waals surface area contributed by atoms with Crippen LogP contribution in [0.4, 0.5) is 0 Å². The van der Waals surface area contributed by atoms with Crippen LogP contribution in [-0.4, -0.2) is 12.1 Å². The fourth-order valence-corrected chi connectivity index (χ4v) is 1.38. The van der Waals surface area contributed by atoms with Gasteiger partial charge in [-0.15, -0.1) is 0 Å². The molecule has 1 aromatic heterocycles. The summed E-state index contributed by atoms with van der Waals surface area (Å²) in [6, 6.07) is 9.38. The number of benzene rings is 1. The standard InChI is InChI=1S/C11H8N2O/c1-14-11-10-3-2-8(7-12)6-9(10)4-5-13-11/h2-6H,1H3. The van der Waals surface area contributed by atoms with E-state index in [2.05, 4.69) is 11.1 Å². The van der Waals surface area contributed by atoms with E-state index >= 15 is 0 Å². The number of nitrogens with zero attached hydrogens (tertiary/aromatic N) is 2. The lowest BCUT2D eigenvalue weighted by molar-refractivity contribution is 0.403. The third kappa shape index (κ3) is 1.27. The minimum absolute atomic E-state index is 0.590. The van der Waals surface area contributed by atoms with E-state index in [0.717, 1.165) is 10.8 Å². The van der Waals surface area contributed by atoms with Crippen LogP contribution in [0.3, 0.4) is 0 Å². The Labute approximate surface area is 81.6 Å². The molecule has 0 unspecified atom stereocenters. The molecule has 0 radical (unpaired) electrons. The molecule has 3 heteroatoms. The van der Waals surface area contributed by atoms with Crippen LogP contribution in [-0.2, 0) is 0 Å². The summed E-state index contributed by atoms with van der Waals surface area (Å²) in [5.41, 5.74) is 0.644. The van der Waals surface area contributed by atoms with Crippen LogP contribution in [0.15, 0.2) is 30.5 Å². The van der Waals surface area contributed by atoms with E-state index in [4.69, 9.17) is 10.00 Å². The van der Waals surface area contributed by atoms with Gasteiger partial charge >= 0.3 is 0 Å². The van der Waals surface area contributed by atoms with Crippen molar-refractivity contribution in [1.29, 1.82) is 5.26 Å². The molecule has 0 saturated carbocycles. The molecular weight excluding hydrogens is 176 g/mol. The second-order valence-corrected chi connectivity index (χ2v) is 2.87. The predicted molar refractivity (Wildman–Crippen MR) is 53.0 cm³/mol. The molecular formula is C11H8N2O. The van der Waals surface area contributed by atoms with Crippen LogP contribution in [0.25, 0.3) is 10.8 Å². The number of ether oxygens (including phenoxy) is 1. The summed E-state index contributed by atoms with van der Waals surface area (Å²) < 4.78 is 5.11. The number of methoxy groups -OCH3 is 1. The number of hydrogen-bond acceptors (Lipinski definition) is 3. The Morgan fingerprint density at radius 3 is 2.93 bits per heavy atom. The lowest BCUT2D eigenvalue weighted by Crippen LogP contribution is -1.88.